The fourth-order valence-corrected chi connectivity index (χ4v) is 3.40. The molecule has 0 aliphatic carbocycles. The number of carbonyl (C=O) groups is 1. The number of hydrogen-bond donors (Lipinski definition) is 0. The Morgan fingerprint density at radius 1 is 1.16 bits per heavy atom. The summed E-state index contributed by atoms with van der Waals surface area (Å²) in [5, 5.41) is 4.77. The summed E-state index contributed by atoms with van der Waals surface area (Å²) < 4.78 is 7.31. The molecular formula is C21H20N2O2. The van der Waals surface area contributed by atoms with Gasteiger partial charge in [-0.15, -0.1) is 0 Å². The van der Waals surface area contributed by atoms with Crippen LogP contribution in [-0.4, -0.2) is 22.4 Å². The van der Waals surface area contributed by atoms with Crippen LogP contribution in [0.3, 0.4) is 0 Å². The normalized spacial score (nSPS) is 12.4. The standard InChI is InChI=1S/C21H20N2O2/c1-3-25-21(24)18-19(16-10-8-14(2)9-11-16)22-23-13-12-15-6-4-5-7-17(15)20(18)23/h4-11H,3,12-13H2,1-2H3. The quantitative estimate of drug-likeness (QED) is 0.673. The predicted molar refractivity (Wildman–Crippen MR) is 97.5 cm³/mol. The van der Waals surface area contributed by atoms with Crippen molar-refractivity contribution in [3.8, 4) is 22.5 Å². The van der Waals surface area contributed by atoms with E-state index in [1.165, 1.54) is 11.1 Å². The van der Waals surface area contributed by atoms with Gasteiger partial charge in [0.2, 0.25) is 0 Å². The van der Waals surface area contributed by atoms with Gasteiger partial charge in [-0.2, -0.15) is 5.10 Å². The van der Waals surface area contributed by atoms with E-state index >= 15 is 0 Å². The van der Waals surface area contributed by atoms with Crippen molar-refractivity contribution in [2.45, 2.75) is 26.8 Å². The summed E-state index contributed by atoms with van der Waals surface area (Å²) in [5.41, 5.74) is 6.57. The van der Waals surface area contributed by atoms with Crippen LogP contribution >= 0.6 is 0 Å². The second-order valence-electron chi connectivity index (χ2n) is 6.29. The Hall–Kier alpha value is -2.88. The molecule has 0 saturated heterocycles. The number of ether oxygens (including phenoxy) is 1. The van der Waals surface area contributed by atoms with Crippen molar-refractivity contribution in [1.29, 1.82) is 0 Å². The van der Waals surface area contributed by atoms with Gasteiger partial charge in [0.25, 0.3) is 0 Å². The zero-order valence-electron chi connectivity index (χ0n) is 14.5. The van der Waals surface area contributed by atoms with Crippen molar-refractivity contribution in [2.75, 3.05) is 6.61 Å². The molecule has 1 aliphatic heterocycles. The Labute approximate surface area is 147 Å². The van der Waals surface area contributed by atoms with Crippen LogP contribution in [0.25, 0.3) is 22.5 Å². The maximum Gasteiger partial charge on any atom is 0.342 e. The Balaban J connectivity index is 1.96. The molecule has 3 aromatic rings. The highest BCUT2D eigenvalue weighted by Crippen LogP contribution is 2.37. The second kappa shape index (κ2) is 6.20. The van der Waals surface area contributed by atoms with E-state index in [1.807, 2.05) is 54.9 Å². The van der Waals surface area contributed by atoms with Gasteiger partial charge in [0.1, 0.15) is 11.3 Å². The Kier molecular flexibility index (Phi) is 3.88. The zero-order valence-corrected chi connectivity index (χ0v) is 14.5. The first kappa shape index (κ1) is 15.6. The maximum absolute atomic E-state index is 12.8. The highest BCUT2D eigenvalue weighted by atomic mass is 16.5. The molecule has 2 aromatic carbocycles. The average Bonchev–Trinajstić information content (AvgIpc) is 3.02. The molecule has 0 atom stereocenters. The topological polar surface area (TPSA) is 44.1 Å². The second-order valence-corrected chi connectivity index (χ2v) is 6.29. The Morgan fingerprint density at radius 3 is 2.68 bits per heavy atom. The number of hydrogen-bond acceptors (Lipinski definition) is 3. The van der Waals surface area contributed by atoms with E-state index in [0.717, 1.165) is 29.8 Å². The highest BCUT2D eigenvalue weighted by molar-refractivity contribution is 6.03. The lowest BCUT2D eigenvalue weighted by Gasteiger charge is -2.18. The number of aryl methyl sites for hydroxylation is 3. The molecule has 0 spiro atoms. The molecule has 0 amide bonds. The zero-order chi connectivity index (χ0) is 17.4. The lowest BCUT2D eigenvalue weighted by atomic mass is 9.94. The van der Waals surface area contributed by atoms with Gasteiger partial charge in [0.05, 0.1) is 12.3 Å². The number of fused-ring (bicyclic) bond motifs is 3. The third kappa shape index (κ3) is 2.64. The molecule has 0 fully saturated rings. The number of esters is 1. The third-order valence-corrected chi connectivity index (χ3v) is 4.62. The fourth-order valence-electron chi connectivity index (χ4n) is 3.40. The van der Waals surface area contributed by atoms with Gasteiger partial charge in [0.15, 0.2) is 0 Å². The smallest absolute Gasteiger partial charge is 0.342 e. The van der Waals surface area contributed by atoms with Crippen molar-refractivity contribution in [1.82, 2.24) is 9.78 Å². The summed E-state index contributed by atoms with van der Waals surface area (Å²) in [4.78, 5) is 12.8. The first-order valence-corrected chi connectivity index (χ1v) is 8.62. The molecule has 0 bridgehead atoms. The van der Waals surface area contributed by atoms with Crippen LogP contribution in [-0.2, 0) is 17.7 Å². The van der Waals surface area contributed by atoms with Gasteiger partial charge in [-0.1, -0.05) is 54.1 Å². The van der Waals surface area contributed by atoms with E-state index in [2.05, 4.69) is 12.1 Å². The fraction of sp³-hybridized carbons (Fsp3) is 0.238. The van der Waals surface area contributed by atoms with Crippen molar-refractivity contribution in [3.63, 3.8) is 0 Å². The van der Waals surface area contributed by atoms with Gasteiger partial charge in [-0.05, 0) is 25.8 Å². The van der Waals surface area contributed by atoms with Gasteiger partial charge in [-0.25, -0.2) is 4.79 Å². The number of nitrogens with zero attached hydrogens (tertiary/aromatic N) is 2. The lowest BCUT2D eigenvalue weighted by molar-refractivity contribution is 0.0528. The van der Waals surface area contributed by atoms with Crippen LogP contribution in [0.4, 0.5) is 0 Å². The first-order valence-electron chi connectivity index (χ1n) is 8.62. The number of benzene rings is 2. The van der Waals surface area contributed by atoms with Crippen LogP contribution in [0.1, 0.15) is 28.4 Å². The molecule has 2 heterocycles. The predicted octanol–water partition coefficient (Wildman–Crippen LogP) is 4.26. The molecular weight excluding hydrogens is 312 g/mol. The van der Waals surface area contributed by atoms with E-state index < -0.39 is 0 Å². The van der Waals surface area contributed by atoms with Crippen LogP contribution in [0, 0.1) is 6.92 Å². The minimum atomic E-state index is -0.309. The van der Waals surface area contributed by atoms with Crippen molar-refractivity contribution >= 4 is 5.97 Å². The van der Waals surface area contributed by atoms with Crippen LogP contribution < -0.4 is 0 Å². The minimum Gasteiger partial charge on any atom is -0.462 e. The summed E-state index contributed by atoms with van der Waals surface area (Å²) in [6.07, 6.45) is 0.917. The maximum atomic E-state index is 12.8. The Morgan fingerprint density at radius 2 is 1.92 bits per heavy atom. The van der Waals surface area contributed by atoms with Crippen molar-refractivity contribution < 1.29 is 9.53 Å². The number of rotatable bonds is 3. The monoisotopic (exact) mass is 332 g/mol. The molecule has 0 N–H and O–H groups in total. The van der Waals surface area contributed by atoms with E-state index in [1.54, 1.807) is 0 Å². The van der Waals surface area contributed by atoms with Gasteiger partial charge in [0, 0.05) is 17.7 Å². The van der Waals surface area contributed by atoms with E-state index in [-0.39, 0.29) is 5.97 Å². The average molecular weight is 332 g/mol. The first-order chi connectivity index (χ1) is 12.2. The van der Waals surface area contributed by atoms with Gasteiger partial charge in [-0.3, -0.25) is 4.68 Å². The molecule has 4 nitrogen and oxygen atoms in total. The molecule has 25 heavy (non-hydrogen) atoms. The summed E-state index contributed by atoms with van der Waals surface area (Å²) in [6, 6.07) is 16.3. The molecule has 0 saturated carbocycles. The van der Waals surface area contributed by atoms with E-state index in [0.29, 0.717) is 17.9 Å². The van der Waals surface area contributed by atoms with Crippen molar-refractivity contribution in [2.24, 2.45) is 0 Å². The van der Waals surface area contributed by atoms with Crippen molar-refractivity contribution in [3.05, 3.63) is 65.2 Å². The lowest BCUT2D eigenvalue weighted by Crippen LogP contribution is -2.14. The van der Waals surface area contributed by atoms with Gasteiger partial charge >= 0.3 is 5.97 Å². The minimum absolute atomic E-state index is 0.309. The van der Waals surface area contributed by atoms with Crippen LogP contribution in [0.15, 0.2) is 48.5 Å². The summed E-state index contributed by atoms with van der Waals surface area (Å²) in [6.45, 7) is 4.99. The summed E-state index contributed by atoms with van der Waals surface area (Å²) in [7, 11) is 0. The largest absolute Gasteiger partial charge is 0.462 e. The molecule has 126 valence electrons. The molecule has 0 radical (unpaired) electrons. The number of aromatic nitrogens is 2. The van der Waals surface area contributed by atoms with Crippen LogP contribution in [0.5, 0.6) is 0 Å². The third-order valence-electron chi connectivity index (χ3n) is 4.62. The number of carbonyl (C=O) groups excluding carboxylic acids is 1. The summed E-state index contributed by atoms with van der Waals surface area (Å²) in [5.74, 6) is -0.309. The molecule has 4 rings (SSSR count). The molecule has 0 unspecified atom stereocenters. The molecule has 1 aliphatic rings. The summed E-state index contributed by atoms with van der Waals surface area (Å²) >= 11 is 0. The van der Waals surface area contributed by atoms with E-state index in [9.17, 15) is 4.79 Å². The SMILES string of the molecule is CCOC(=O)c1c(-c2ccc(C)cc2)nn2c1-c1ccccc1CC2. The highest BCUT2D eigenvalue weighted by Gasteiger charge is 2.29. The van der Waals surface area contributed by atoms with Gasteiger partial charge < -0.3 is 4.74 Å². The molecule has 1 aromatic heterocycles. The molecule has 4 heteroatoms. The Bertz CT molecular complexity index is 939. The van der Waals surface area contributed by atoms with Crippen LogP contribution in [0.2, 0.25) is 0 Å². The van der Waals surface area contributed by atoms with E-state index in [4.69, 9.17) is 9.84 Å².